The van der Waals surface area contributed by atoms with Crippen LogP contribution in [0.25, 0.3) is 0 Å². The number of hydrogen-bond acceptors (Lipinski definition) is 4. The van der Waals surface area contributed by atoms with Gasteiger partial charge in [-0.1, -0.05) is 0 Å². The number of carbonyl (C=O) groups excluding carboxylic acids is 3. The molecule has 3 amide bonds. The Morgan fingerprint density at radius 2 is 2.11 bits per heavy atom. The van der Waals surface area contributed by atoms with Crippen molar-refractivity contribution >= 4 is 23.5 Å². The summed E-state index contributed by atoms with van der Waals surface area (Å²) in [6.07, 6.45) is 1.65. The first kappa shape index (κ1) is 13.1. The number of nitrogens with zero attached hydrogens (tertiary/aromatic N) is 1. The van der Waals surface area contributed by atoms with Gasteiger partial charge in [0.15, 0.2) is 5.82 Å². The fourth-order valence-electron chi connectivity index (χ4n) is 2.06. The average Bonchev–Trinajstić information content (AvgIpc) is 2.70. The molecular formula is C11H15N5O3. The van der Waals surface area contributed by atoms with Crippen molar-refractivity contribution in [1.29, 1.82) is 0 Å². The van der Waals surface area contributed by atoms with Gasteiger partial charge in [0, 0.05) is 30.6 Å². The molecule has 1 heterocycles. The summed E-state index contributed by atoms with van der Waals surface area (Å²) >= 11 is 0. The summed E-state index contributed by atoms with van der Waals surface area (Å²) < 4.78 is 0. The molecule has 0 atom stereocenters. The molecule has 1 aromatic rings. The van der Waals surface area contributed by atoms with E-state index in [1.165, 1.54) is 6.92 Å². The molecule has 8 nitrogen and oxygen atoms in total. The largest absolute Gasteiger partial charge is 0.361 e. The molecule has 5 N–H and O–H groups in total. The Morgan fingerprint density at radius 3 is 2.68 bits per heavy atom. The van der Waals surface area contributed by atoms with Crippen LogP contribution in [0.2, 0.25) is 0 Å². The second kappa shape index (κ2) is 5.09. The van der Waals surface area contributed by atoms with Crippen molar-refractivity contribution in [2.45, 2.75) is 31.7 Å². The summed E-state index contributed by atoms with van der Waals surface area (Å²) in [5.41, 5.74) is 5.69. The van der Waals surface area contributed by atoms with Crippen LogP contribution in [0, 0.1) is 0 Å². The summed E-state index contributed by atoms with van der Waals surface area (Å²) in [6, 6.07) is 1.85. The minimum Gasteiger partial charge on any atom is -0.361 e. The van der Waals surface area contributed by atoms with Gasteiger partial charge in [-0.25, -0.2) is 0 Å². The highest BCUT2D eigenvalue weighted by Gasteiger charge is 2.32. The number of primary amides is 1. The van der Waals surface area contributed by atoms with Gasteiger partial charge in [0.05, 0.1) is 0 Å². The van der Waals surface area contributed by atoms with Crippen LogP contribution in [-0.2, 0) is 14.4 Å². The molecule has 1 aromatic heterocycles. The zero-order valence-corrected chi connectivity index (χ0v) is 10.4. The fourth-order valence-corrected chi connectivity index (χ4v) is 2.06. The maximum atomic E-state index is 11.1. The molecule has 0 unspecified atom stereocenters. The molecule has 0 aromatic carbocycles. The van der Waals surface area contributed by atoms with E-state index >= 15 is 0 Å². The van der Waals surface area contributed by atoms with Gasteiger partial charge < -0.3 is 16.4 Å². The Bertz CT molecular complexity index is 518. The van der Waals surface area contributed by atoms with Crippen LogP contribution < -0.4 is 16.4 Å². The van der Waals surface area contributed by atoms with E-state index in [1.54, 1.807) is 6.07 Å². The van der Waals surface area contributed by atoms with Crippen molar-refractivity contribution in [3.8, 4) is 0 Å². The van der Waals surface area contributed by atoms with Gasteiger partial charge >= 0.3 is 11.8 Å². The topological polar surface area (TPSA) is 130 Å². The van der Waals surface area contributed by atoms with Crippen molar-refractivity contribution in [3.05, 3.63) is 11.8 Å². The quantitative estimate of drug-likeness (QED) is 0.534. The van der Waals surface area contributed by atoms with Crippen molar-refractivity contribution in [2.75, 3.05) is 5.32 Å². The average molecular weight is 265 g/mol. The third kappa shape index (κ3) is 3.09. The van der Waals surface area contributed by atoms with Crippen LogP contribution in [0.1, 0.15) is 31.4 Å². The number of rotatable bonds is 3. The first-order valence-electron chi connectivity index (χ1n) is 5.89. The van der Waals surface area contributed by atoms with E-state index in [9.17, 15) is 14.4 Å². The van der Waals surface area contributed by atoms with E-state index in [0.29, 0.717) is 0 Å². The third-order valence-corrected chi connectivity index (χ3v) is 3.05. The molecule has 0 saturated heterocycles. The van der Waals surface area contributed by atoms with E-state index in [-0.39, 0.29) is 23.7 Å². The molecule has 8 heteroatoms. The Balaban J connectivity index is 1.87. The molecule has 2 rings (SSSR count). The predicted molar refractivity (Wildman–Crippen MR) is 66.0 cm³/mol. The lowest BCUT2D eigenvalue weighted by Crippen LogP contribution is -2.42. The number of amides is 3. The number of H-pyrrole nitrogens is 1. The van der Waals surface area contributed by atoms with Crippen molar-refractivity contribution in [1.82, 2.24) is 15.5 Å². The van der Waals surface area contributed by atoms with E-state index in [4.69, 9.17) is 5.73 Å². The molecule has 1 aliphatic rings. The summed E-state index contributed by atoms with van der Waals surface area (Å²) in [7, 11) is 0. The summed E-state index contributed by atoms with van der Waals surface area (Å²) in [4.78, 5) is 32.5. The lowest BCUT2D eigenvalue weighted by molar-refractivity contribution is -0.134. The minimum atomic E-state index is -1.06. The number of aromatic nitrogens is 2. The Morgan fingerprint density at radius 1 is 1.42 bits per heavy atom. The number of carbonyl (C=O) groups is 3. The maximum absolute atomic E-state index is 11.1. The molecule has 1 saturated carbocycles. The van der Waals surface area contributed by atoms with E-state index in [2.05, 4.69) is 20.8 Å². The van der Waals surface area contributed by atoms with Crippen LogP contribution in [0.5, 0.6) is 0 Å². The standard InChI is InChI=1S/C11H15N5O3/c1-5(17)13-7-2-6(3-7)8-4-9(16-15-8)14-11(19)10(12)18/h4,6-7H,2-3H2,1H3,(H2,12,18)(H,13,17)(H2,14,15,16,19). The molecule has 0 bridgehead atoms. The fraction of sp³-hybridized carbons (Fsp3) is 0.455. The van der Waals surface area contributed by atoms with Gasteiger partial charge in [-0.05, 0) is 12.8 Å². The Kier molecular flexibility index (Phi) is 3.50. The predicted octanol–water partition coefficient (Wildman–Crippen LogP) is -0.784. The first-order chi connectivity index (χ1) is 8.95. The van der Waals surface area contributed by atoms with E-state index < -0.39 is 11.8 Å². The normalized spacial score (nSPS) is 21.3. The van der Waals surface area contributed by atoms with E-state index in [1.807, 2.05) is 0 Å². The van der Waals surface area contributed by atoms with Crippen LogP contribution in [-0.4, -0.2) is 34.0 Å². The second-order valence-corrected chi connectivity index (χ2v) is 4.59. The van der Waals surface area contributed by atoms with Gasteiger partial charge in [-0.3, -0.25) is 19.5 Å². The van der Waals surface area contributed by atoms with E-state index in [0.717, 1.165) is 18.5 Å². The van der Waals surface area contributed by atoms with Crippen LogP contribution >= 0.6 is 0 Å². The van der Waals surface area contributed by atoms with Gasteiger partial charge in [0.2, 0.25) is 5.91 Å². The summed E-state index contributed by atoms with van der Waals surface area (Å²) in [5.74, 6) is -1.46. The molecule has 0 radical (unpaired) electrons. The van der Waals surface area contributed by atoms with Gasteiger partial charge in [-0.2, -0.15) is 5.10 Å². The van der Waals surface area contributed by atoms with Crippen molar-refractivity contribution < 1.29 is 14.4 Å². The van der Waals surface area contributed by atoms with Crippen molar-refractivity contribution in [2.24, 2.45) is 5.73 Å². The van der Waals surface area contributed by atoms with Crippen molar-refractivity contribution in [3.63, 3.8) is 0 Å². The lowest BCUT2D eigenvalue weighted by Gasteiger charge is -2.34. The van der Waals surface area contributed by atoms with Crippen LogP contribution in [0.15, 0.2) is 6.07 Å². The zero-order valence-electron chi connectivity index (χ0n) is 10.4. The van der Waals surface area contributed by atoms with Gasteiger partial charge in [0.1, 0.15) is 0 Å². The zero-order chi connectivity index (χ0) is 14.0. The molecular weight excluding hydrogens is 250 g/mol. The summed E-state index contributed by atoms with van der Waals surface area (Å²) in [6.45, 7) is 1.49. The number of aromatic amines is 1. The van der Waals surface area contributed by atoms with Crippen LogP contribution in [0.3, 0.4) is 0 Å². The molecule has 1 aliphatic carbocycles. The highest BCUT2D eigenvalue weighted by molar-refractivity contribution is 6.38. The molecule has 1 fully saturated rings. The minimum absolute atomic E-state index is 0.0394. The van der Waals surface area contributed by atoms with Crippen LogP contribution in [0.4, 0.5) is 5.82 Å². The second-order valence-electron chi connectivity index (χ2n) is 4.59. The number of hydrogen-bond donors (Lipinski definition) is 4. The number of nitrogens with two attached hydrogens (primary N) is 1. The van der Waals surface area contributed by atoms with Gasteiger partial charge in [0.25, 0.3) is 0 Å². The molecule has 0 spiro atoms. The van der Waals surface area contributed by atoms with Gasteiger partial charge in [-0.15, -0.1) is 0 Å². The summed E-state index contributed by atoms with van der Waals surface area (Å²) in [5, 5.41) is 11.8. The maximum Gasteiger partial charge on any atom is 0.314 e. The highest BCUT2D eigenvalue weighted by Crippen LogP contribution is 2.36. The lowest BCUT2D eigenvalue weighted by atomic mass is 9.78. The molecule has 19 heavy (non-hydrogen) atoms. The molecule has 102 valence electrons. The Hall–Kier alpha value is -2.38. The third-order valence-electron chi connectivity index (χ3n) is 3.05. The monoisotopic (exact) mass is 265 g/mol. The molecule has 0 aliphatic heterocycles. The smallest absolute Gasteiger partial charge is 0.314 e. The SMILES string of the molecule is CC(=O)NC1CC(c2cc(NC(=O)C(N)=O)n[nH]2)C1. The Labute approximate surface area is 109 Å². The number of nitrogens with one attached hydrogen (secondary N) is 3. The number of anilines is 1. The highest BCUT2D eigenvalue weighted by atomic mass is 16.2. The first-order valence-corrected chi connectivity index (χ1v) is 5.89.